The summed E-state index contributed by atoms with van der Waals surface area (Å²) < 4.78 is 76.3. The van der Waals surface area contributed by atoms with E-state index in [4.69, 9.17) is 15.3 Å². The van der Waals surface area contributed by atoms with Crippen molar-refractivity contribution in [2.75, 3.05) is 0 Å². The molecule has 0 bridgehead atoms. The Morgan fingerprint density at radius 2 is 1.00 bits per heavy atom. The van der Waals surface area contributed by atoms with E-state index in [1.807, 2.05) is 25.0 Å². The molecular formula is C34H17F5N2O4. The lowest BCUT2D eigenvalue weighted by Gasteiger charge is -2.02. The van der Waals surface area contributed by atoms with Gasteiger partial charge in [0, 0.05) is 41.7 Å². The molecule has 4 rings (SSSR count). The van der Waals surface area contributed by atoms with Gasteiger partial charge in [-0.05, 0) is 43.7 Å². The second kappa shape index (κ2) is 15.2. The third kappa shape index (κ3) is 9.54. The third-order valence-corrected chi connectivity index (χ3v) is 5.46. The van der Waals surface area contributed by atoms with Crippen LogP contribution in [-0.4, -0.2) is 11.9 Å². The normalized spacial score (nSPS) is 9.44. The van der Waals surface area contributed by atoms with Gasteiger partial charge in [0.25, 0.3) is 0 Å². The molecule has 11 heteroatoms. The van der Waals surface area contributed by atoms with Gasteiger partial charge >= 0.3 is 11.9 Å². The standard InChI is InChI=1S/C17H8F3NO2.C17H9F2NO2/c1-10-2-3-11(14(18)6-10)4-5-17(22)23-12-7-15(19)13(9-21)16(20)8-12;1-11-2-4-12(5-3-11)6-7-17(21)22-13-8-15(18)14(10-20)16(19)9-13/h2-3,6-8H,1H3;2-5,8-9H,1H3. The fourth-order valence-corrected chi connectivity index (χ4v) is 3.30. The van der Waals surface area contributed by atoms with Crippen molar-refractivity contribution in [3.05, 3.63) is 129 Å². The van der Waals surface area contributed by atoms with E-state index in [-0.39, 0.29) is 11.3 Å². The Bertz CT molecular complexity index is 1960. The summed E-state index contributed by atoms with van der Waals surface area (Å²) in [5.74, 6) is 1.10. The summed E-state index contributed by atoms with van der Waals surface area (Å²) in [7, 11) is 0. The molecule has 0 N–H and O–H groups in total. The van der Waals surface area contributed by atoms with Crippen LogP contribution in [-0.2, 0) is 9.59 Å². The Labute approximate surface area is 253 Å². The van der Waals surface area contributed by atoms with E-state index in [0.29, 0.717) is 23.3 Å². The van der Waals surface area contributed by atoms with Gasteiger partial charge in [0.05, 0.1) is 5.56 Å². The highest BCUT2D eigenvalue weighted by Crippen LogP contribution is 2.21. The molecule has 0 saturated carbocycles. The fraction of sp³-hybridized carbons (Fsp3) is 0.0588. The minimum Gasteiger partial charge on any atom is -0.417 e. The maximum absolute atomic E-state index is 13.5. The molecule has 45 heavy (non-hydrogen) atoms. The van der Waals surface area contributed by atoms with Crippen LogP contribution in [0.15, 0.2) is 66.7 Å². The van der Waals surface area contributed by atoms with Gasteiger partial charge in [-0.1, -0.05) is 35.6 Å². The van der Waals surface area contributed by atoms with Crippen LogP contribution in [0.2, 0.25) is 0 Å². The molecule has 0 unspecified atom stereocenters. The van der Waals surface area contributed by atoms with E-state index in [1.54, 1.807) is 25.1 Å². The molecule has 0 heterocycles. The average molecular weight is 613 g/mol. The molecule has 0 saturated heterocycles. The first-order valence-corrected chi connectivity index (χ1v) is 12.5. The quantitative estimate of drug-likeness (QED) is 0.113. The molecule has 0 amide bonds. The summed E-state index contributed by atoms with van der Waals surface area (Å²) in [6, 6.07) is 17.0. The number of nitriles is 2. The Morgan fingerprint density at radius 3 is 1.42 bits per heavy atom. The van der Waals surface area contributed by atoms with Crippen LogP contribution < -0.4 is 9.47 Å². The maximum atomic E-state index is 13.5. The Kier molecular flexibility index (Phi) is 11.1. The summed E-state index contributed by atoms with van der Waals surface area (Å²) in [5, 5.41) is 17.1. The summed E-state index contributed by atoms with van der Waals surface area (Å²) in [5.41, 5.74) is 0.837. The number of halogens is 5. The molecule has 4 aromatic carbocycles. The highest BCUT2D eigenvalue weighted by atomic mass is 19.1. The summed E-state index contributed by atoms with van der Waals surface area (Å²) in [6.45, 7) is 3.61. The summed E-state index contributed by atoms with van der Waals surface area (Å²) in [6.07, 6.45) is 0. The van der Waals surface area contributed by atoms with Crippen molar-refractivity contribution in [3.63, 3.8) is 0 Å². The average Bonchev–Trinajstić information content (AvgIpc) is 2.96. The van der Waals surface area contributed by atoms with Gasteiger partial charge in [-0.15, -0.1) is 0 Å². The number of esters is 2. The van der Waals surface area contributed by atoms with Crippen LogP contribution in [0.4, 0.5) is 22.0 Å². The third-order valence-electron chi connectivity index (χ3n) is 5.46. The zero-order chi connectivity index (χ0) is 33.1. The summed E-state index contributed by atoms with van der Waals surface area (Å²) in [4.78, 5) is 23.0. The van der Waals surface area contributed by atoms with Gasteiger partial charge in [-0.2, -0.15) is 10.5 Å². The van der Waals surface area contributed by atoms with Crippen LogP contribution in [0.1, 0.15) is 33.4 Å². The number of hydrogen-bond donors (Lipinski definition) is 0. The number of hydrogen-bond acceptors (Lipinski definition) is 6. The highest BCUT2D eigenvalue weighted by molar-refractivity contribution is 5.91. The second-order valence-electron chi connectivity index (χ2n) is 8.88. The number of carbonyl (C=O) groups excluding carboxylic acids is 2. The van der Waals surface area contributed by atoms with Crippen molar-refractivity contribution in [2.45, 2.75) is 13.8 Å². The lowest BCUT2D eigenvalue weighted by Crippen LogP contribution is -2.06. The molecule has 0 fully saturated rings. The number of rotatable bonds is 2. The maximum Gasteiger partial charge on any atom is 0.390 e. The highest BCUT2D eigenvalue weighted by Gasteiger charge is 2.14. The van der Waals surface area contributed by atoms with Crippen molar-refractivity contribution < 1.29 is 41.0 Å². The van der Waals surface area contributed by atoms with Crippen molar-refractivity contribution in [1.29, 1.82) is 10.5 Å². The van der Waals surface area contributed by atoms with E-state index in [2.05, 4.69) is 22.5 Å². The molecule has 0 aromatic heterocycles. The van der Waals surface area contributed by atoms with E-state index >= 15 is 0 Å². The van der Waals surface area contributed by atoms with Crippen LogP contribution in [0.5, 0.6) is 11.5 Å². The summed E-state index contributed by atoms with van der Waals surface area (Å²) >= 11 is 0. The van der Waals surface area contributed by atoms with Crippen molar-refractivity contribution >= 4 is 11.9 Å². The predicted molar refractivity (Wildman–Crippen MR) is 149 cm³/mol. The van der Waals surface area contributed by atoms with E-state index in [1.165, 1.54) is 24.3 Å². The molecule has 0 aliphatic carbocycles. The topological polar surface area (TPSA) is 100 Å². The Morgan fingerprint density at radius 1 is 0.578 bits per heavy atom. The van der Waals surface area contributed by atoms with E-state index in [0.717, 1.165) is 17.7 Å². The van der Waals surface area contributed by atoms with Gasteiger partial charge in [-0.25, -0.2) is 31.5 Å². The largest absolute Gasteiger partial charge is 0.417 e. The first-order valence-electron chi connectivity index (χ1n) is 12.5. The first kappa shape index (κ1) is 33.1. The molecule has 0 radical (unpaired) electrons. The van der Waals surface area contributed by atoms with Crippen LogP contribution in [0.3, 0.4) is 0 Å². The number of ether oxygens (including phenoxy) is 2. The van der Waals surface area contributed by atoms with Crippen LogP contribution >= 0.6 is 0 Å². The number of aryl methyl sites for hydroxylation is 2. The zero-order valence-corrected chi connectivity index (χ0v) is 23.3. The van der Waals surface area contributed by atoms with Crippen molar-refractivity contribution in [3.8, 4) is 47.3 Å². The molecule has 222 valence electrons. The van der Waals surface area contributed by atoms with Crippen molar-refractivity contribution in [2.24, 2.45) is 0 Å². The predicted octanol–water partition coefficient (Wildman–Crippen LogP) is 6.34. The second-order valence-corrected chi connectivity index (χ2v) is 8.88. The first-order chi connectivity index (χ1) is 21.4. The van der Waals surface area contributed by atoms with E-state index in [9.17, 15) is 31.5 Å². The number of nitrogens with zero attached hydrogens (tertiary/aromatic N) is 2. The SMILES string of the molecule is Cc1ccc(C#CC(=O)Oc2cc(F)c(C#N)c(F)c2)c(F)c1.Cc1ccc(C#CC(=O)Oc2cc(F)c(C#N)c(F)c2)cc1. The van der Waals surface area contributed by atoms with Gasteiger partial charge in [-0.3, -0.25) is 0 Å². The van der Waals surface area contributed by atoms with Gasteiger partial charge < -0.3 is 9.47 Å². The smallest absolute Gasteiger partial charge is 0.390 e. The van der Waals surface area contributed by atoms with Gasteiger partial charge in [0.15, 0.2) is 0 Å². The van der Waals surface area contributed by atoms with Crippen molar-refractivity contribution in [1.82, 2.24) is 0 Å². The van der Waals surface area contributed by atoms with E-state index < -0.39 is 57.9 Å². The molecule has 0 atom stereocenters. The zero-order valence-electron chi connectivity index (χ0n) is 23.3. The molecule has 0 aliphatic rings. The molecule has 0 aliphatic heterocycles. The number of carbonyl (C=O) groups is 2. The monoisotopic (exact) mass is 612 g/mol. The molecule has 0 spiro atoms. The van der Waals surface area contributed by atoms with Gasteiger partial charge in [0.2, 0.25) is 0 Å². The fourth-order valence-electron chi connectivity index (χ4n) is 3.30. The molecular weight excluding hydrogens is 595 g/mol. The molecule has 4 aromatic rings. The lowest BCUT2D eigenvalue weighted by atomic mass is 10.1. The van der Waals surface area contributed by atoms with Gasteiger partial charge in [0.1, 0.15) is 63.9 Å². The Hall–Kier alpha value is -6.43. The lowest BCUT2D eigenvalue weighted by molar-refractivity contribution is -0.128. The van der Waals surface area contributed by atoms with Crippen LogP contribution in [0.25, 0.3) is 0 Å². The molecule has 6 nitrogen and oxygen atoms in total. The Balaban J connectivity index is 0.000000246. The minimum atomic E-state index is -1.16. The number of benzene rings is 4. The van der Waals surface area contributed by atoms with Crippen LogP contribution in [0, 0.1) is 89.3 Å². The minimum absolute atomic E-state index is 0.00950.